The lowest BCUT2D eigenvalue weighted by molar-refractivity contribution is -0.123. The van der Waals surface area contributed by atoms with Gasteiger partial charge in [0.1, 0.15) is 17.3 Å². The zero-order valence-electron chi connectivity index (χ0n) is 14.7. The number of carbonyl (C=O) groups is 2. The number of hydrogen-bond acceptors (Lipinski definition) is 4. The highest BCUT2D eigenvalue weighted by atomic mass is 79.9. The van der Waals surface area contributed by atoms with Gasteiger partial charge in [0.2, 0.25) is 0 Å². The number of carbonyl (C=O) groups excluding carboxylic acids is 2. The molecule has 1 aliphatic rings. The van der Waals surface area contributed by atoms with Crippen molar-refractivity contribution in [1.82, 2.24) is 4.90 Å². The van der Waals surface area contributed by atoms with Crippen molar-refractivity contribution in [2.24, 2.45) is 0 Å². The predicted molar refractivity (Wildman–Crippen MR) is 115 cm³/mol. The Bertz CT molecular complexity index is 1140. The van der Waals surface area contributed by atoms with Crippen molar-refractivity contribution in [2.45, 2.75) is 6.54 Å². The van der Waals surface area contributed by atoms with Gasteiger partial charge < -0.3 is 4.42 Å². The lowest BCUT2D eigenvalue weighted by atomic mass is 10.2. The van der Waals surface area contributed by atoms with Gasteiger partial charge in [0.15, 0.2) is 0 Å². The second kappa shape index (κ2) is 8.18. The molecule has 1 aliphatic heterocycles. The van der Waals surface area contributed by atoms with Crippen LogP contribution in [0.3, 0.4) is 0 Å². The van der Waals surface area contributed by atoms with Gasteiger partial charge in [0, 0.05) is 21.1 Å². The van der Waals surface area contributed by atoms with Crippen LogP contribution in [-0.2, 0) is 11.3 Å². The summed E-state index contributed by atoms with van der Waals surface area (Å²) in [5, 5.41) is -0.250. The zero-order valence-corrected chi connectivity index (χ0v) is 17.9. The molecular weight excluding hydrogens is 481 g/mol. The molecule has 2 amide bonds. The zero-order chi connectivity index (χ0) is 20.5. The average molecular weight is 493 g/mol. The van der Waals surface area contributed by atoms with E-state index >= 15 is 0 Å². The van der Waals surface area contributed by atoms with E-state index in [9.17, 15) is 14.0 Å². The summed E-state index contributed by atoms with van der Waals surface area (Å²) in [6.45, 7) is -0.0244. The molecule has 0 aliphatic carbocycles. The molecule has 2 aromatic carbocycles. The van der Waals surface area contributed by atoms with Crippen molar-refractivity contribution in [2.75, 3.05) is 0 Å². The molecule has 0 spiro atoms. The smallest absolute Gasteiger partial charge is 0.293 e. The van der Waals surface area contributed by atoms with Crippen LogP contribution < -0.4 is 0 Å². The summed E-state index contributed by atoms with van der Waals surface area (Å²) in [5.74, 6) is 0.198. The summed E-state index contributed by atoms with van der Waals surface area (Å²) >= 11 is 10.2. The Morgan fingerprint density at radius 2 is 1.86 bits per heavy atom. The minimum absolute atomic E-state index is 0.0244. The molecule has 0 radical (unpaired) electrons. The fourth-order valence-corrected chi connectivity index (χ4v) is 4.10. The van der Waals surface area contributed by atoms with Crippen LogP contribution in [0.15, 0.2) is 68.4 Å². The quantitative estimate of drug-likeness (QED) is 0.379. The van der Waals surface area contributed by atoms with E-state index in [0.29, 0.717) is 17.1 Å². The fraction of sp³-hybridized carbons (Fsp3) is 0.0476. The number of imide groups is 1. The van der Waals surface area contributed by atoms with Gasteiger partial charge in [-0.15, -0.1) is 0 Å². The molecule has 3 aromatic rings. The molecule has 146 valence electrons. The minimum atomic E-state index is -0.479. The van der Waals surface area contributed by atoms with E-state index in [2.05, 4.69) is 15.9 Å². The lowest BCUT2D eigenvalue weighted by Gasteiger charge is -2.13. The van der Waals surface area contributed by atoms with Crippen molar-refractivity contribution in [3.8, 4) is 11.3 Å². The van der Waals surface area contributed by atoms with Gasteiger partial charge in [-0.3, -0.25) is 14.5 Å². The lowest BCUT2D eigenvalue weighted by Crippen LogP contribution is -2.27. The third-order valence-electron chi connectivity index (χ3n) is 4.25. The van der Waals surface area contributed by atoms with Crippen LogP contribution >= 0.6 is 39.3 Å². The summed E-state index contributed by atoms with van der Waals surface area (Å²) in [4.78, 5) is 26.3. The van der Waals surface area contributed by atoms with E-state index in [1.807, 2.05) is 24.3 Å². The molecule has 1 saturated heterocycles. The molecule has 8 heteroatoms. The average Bonchev–Trinajstić information content (AvgIpc) is 3.25. The van der Waals surface area contributed by atoms with Gasteiger partial charge in [0.05, 0.1) is 11.4 Å². The van der Waals surface area contributed by atoms with Gasteiger partial charge in [0.25, 0.3) is 11.1 Å². The van der Waals surface area contributed by atoms with Gasteiger partial charge in [-0.05, 0) is 53.7 Å². The van der Waals surface area contributed by atoms with Crippen molar-refractivity contribution in [3.05, 3.63) is 86.1 Å². The topological polar surface area (TPSA) is 50.5 Å². The van der Waals surface area contributed by atoms with E-state index in [4.69, 9.17) is 16.0 Å². The van der Waals surface area contributed by atoms with E-state index in [0.717, 1.165) is 32.8 Å². The highest BCUT2D eigenvalue weighted by Crippen LogP contribution is 2.35. The first-order valence-electron chi connectivity index (χ1n) is 8.46. The second-order valence-electron chi connectivity index (χ2n) is 6.21. The molecule has 1 fully saturated rings. The molecule has 1 aromatic heterocycles. The monoisotopic (exact) mass is 491 g/mol. The van der Waals surface area contributed by atoms with Gasteiger partial charge in [-0.1, -0.05) is 45.7 Å². The Kier molecular flexibility index (Phi) is 5.63. The van der Waals surface area contributed by atoms with E-state index in [-0.39, 0.29) is 16.5 Å². The highest BCUT2D eigenvalue weighted by molar-refractivity contribution is 9.10. The van der Waals surface area contributed by atoms with Crippen LogP contribution in [-0.4, -0.2) is 16.0 Å². The number of amides is 2. The Morgan fingerprint density at radius 3 is 2.59 bits per heavy atom. The van der Waals surface area contributed by atoms with Crippen LogP contribution in [0.2, 0.25) is 5.02 Å². The summed E-state index contributed by atoms with van der Waals surface area (Å²) in [5.41, 5.74) is 1.39. The molecular formula is C21H12BrClFNO3S. The highest BCUT2D eigenvalue weighted by Gasteiger charge is 2.35. The molecule has 0 bridgehead atoms. The predicted octanol–water partition coefficient (Wildman–Crippen LogP) is 6.74. The van der Waals surface area contributed by atoms with E-state index < -0.39 is 17.0 Å². The third-order valence-corrected chi connectivity index (χ3v) is 6.03. The largest absolute Gasteiger partial charge is 0.457 e. The molecule has 4 nitrogen and oxygen atoms in total. The van der Waals surface area contributed by atoms with Crippen LogP contribution in [0.5, 0.6) is 0 Å². The number of hydrogen-bond donors (Lipinski definition) is 0. The van der Waals surface area contributed by atoms with Gasteiger partial charge in [-0.2, -0.15) is 0 Å². The first kappa shape index (κ1) is 19.9. The van der Waals surface area contributed by atoms with Crippen LogP contribution in [0, 0.1) is 5.82 Å². The van der Waals surface area contributed by atoms with Gasteiger partial charge in [-0.25, -0.2) is 4.39 Å². The minimum Gasteiger partial charge on any atom is -0.457 e. The molecule has 0 saturated carbocycles. The Labute approximate surface area is 183 Å². The number of furan rings is 1. The molecule has 2 heterocycles. The van der Waals surface area contributed by atoms with E-state index in [1.54, 1.807) is 18.2 Å². The van der Waals surface area contributed by atoms with Crippen LogP contribution in [0.1, 0.15) is 11.3 Å². The number of rotatable bonds is 4. The third kappa shape index (κ3) is 4.32. The van der Waals surface area contributed by atoms with E-state index in [1.165, 1.54) is 12.1 Å². The normalized spacial score (nSPS) is 15.6. The maximum Gasteiger partial charge on any atom is 0.293 e. The molecule has 4 rings (SSSR count). The van der Waals surface area contributed by atoms with Crippen molar-refractivity contribution >= 4 is 56.5 Å². The maximum absolute atomic E-state index is 13.2. The first-order valence-corrected chi connectivity index (χ1v) is 10.4. The van der Waals surface area contributed by atoms with Crippen molar-refractivity contribution < 1.29 is 18.4 Å². The summed E-state index contributed by atoms with van der Waals surface area (Å²) in [7, 11) is 0. The number of benzene rings is 2. The Morgan fingerprint density at radius 1 is 1.10 bits per heavy atom. The van der Waals surface area contributed by atoms with Crippen molar-refractivity contribution in [1.29, 1.82) is 0 Å². The molecule has 0 N–H and O–H groups in total. The number of halogens is 3. The fourth-order valence-electron chi connectivity index (χ4n) is 2.79. The molecule has 0 atom stereocenters. The number of thioether (sulfide) groups is 1. The standard InChI is InChI=1S/C21H12BrClFNO3S/c22-14-4-1-12(2-5-14)18-8-7-16(28-18)10-19-20(26)25(21(27)29-19)11-13-3-6-15(24)9-17(13)23/h1-10H,11H2/b19-10+. The Balaban J connectivity index is 1.54. The Hall–Kier alpha value is -2.35. The van der Waals surface area contributed by atoms with Crippen LogP contribution in [0.25, 0.3) is 17.4 Å². The first-order chi connectivity index (χ1) is 13.9. The number of nitrogens with zero attached hydrogens (tertiary/aromatic N) is 1. The summed E-state index contributed by atoms with van der Waals surface area (Å²) < 4.78 is 20.0. The maximum atomic E-state index is 13.2. The molecule has 0 unspecified atom stereocenters. The molecule has 29 heavy (non-hydrogen) atoms. The van der Waals surface area contributed by atoms with Crippen molar-refractivity contribution in [3.63, 3.8) is 0 Å². The SMILES string of the molecule is O=C1S/C(=C/c2ccc(-c3ccc(Br)cc3)o2)C(=O)N1Cc1ccc(F)cc1Cl. The van der Waals surface area contributed by atoms with Gasteiger partial charge >= 0.3 is 0 Å². The summed E-state index contributed by atoms with van der Waals surface area (Å²) in [6, 6.07) is 15.0. The second-order valence-corrected chi connectivity index (χ2v) is 8.53. The summed E-state index contributed by atoms with van der Waals surface area (Å²) in [6.07, 6.45) is 1.54. The van der Waals surface area contributed by atoms with Crippen LogP contribution in [0.4, 0.5) is 9.18 Å².